The zero-order valence-electron chi connectivity index (χ0n) is 17.5. The fourth-order valence-corrected chi connectivity index (χ4v) is 3.54. The molecule has 0 bridgehead atoms. The Labute approximate surface area is 177 Å². The Morgan fingerprint density at radius 2 is 1.50 bits per heavy atom. The summed E-state index contributed by atoms with van der Waals surface area (Å²) >= 11 is 0. The fourth-order valence-electron chi connectivity index (χ4n) is 3.54. The Kier molecular flexibility index (Phi) is 5.37. The van der Waals surface area contributed by atoms with Gasteiger partial charge in [0.1, 0.15) is 0 Å². The topological polar surface area (TPSA) is 39.2 Å². The number of ether oxygens (including phenoxy) is 1. The van der Waals surface area contributed by atoms with Crippen molar-refractivity contribution < 1.29 is 9.53 Å². The SMILES string of the molecule is CC(C)(C)c1ccc(C(=O)O[C@@H](c2ccccc2)c2nccc3ccccc23)cc1. The average molecular weight is 396 g/mol. The van der Waals surface area contributed by atoms with Gasteiger partial charge in [0.15, 0.2) is 6.10 Å². The highest BCUT2D eigenvalue weighted by Crippen LogP contribution is 2.31. The summed E-state index contributed by atoms with van der Waals surface area (Å²) in [7, 11) is 0. The Balaban J connectivity index is 1.72. The summed E-state index contributed by atoms with van der Waals surface area (Å²) in [6.07, 6.45) is 1.17. The van der Waals surface area contributed by atoms with Crippen molar-refractivity contribution in [3.8, 4) is 0 Å². The van der Waals surface area contributed by atoms with Crippen LogP contribution in [0, 0.1) is 0 Å². The summed E-state index contributed by atoms with van der Waals surface area (Å²) in [4.78, 5) is 17.6. The van der Waals surface area contributed by atoms with Crippen molar-refractivity contribution in [3.05, 3.63) is 114 Å². The molecule has 0 unspecified atom stereocenters. The molecule has 3 heteroatoms. The zero-order chi connectivity index (χ0) is 21.1. The number of esters is 1. The molecule has 1 atom stereocenters. The molecule has 4 aromatic rings. The molecule has 0 aliphatic heterocycles. The van der Waals surface area contributed by atoms with Gasteiger partial charge in [-0.1, -0.05) is 87.5 Å². The van der Waals surface area contributed by atoms with Gasteiger partial charge in [0.05, 0.1) is 11.3 Å². The van der Waals surface area contributed by atoms with E-state index < -0.39 is 6.10 Å². The molecule has 0 aliphatic rings. The third-order valence-corrected chi connectivity index (χ3v) is 5.27. The normalized spacial score (nSPS) is 12.5. The quantitative estimate of drug-likeness (QED) is 0.371. The number of hydrogen-bond acceptors (Lipinski definition) is 3. The van der Waals surface area contributed by atoms with Gasteiger partial charge in [-0.15, -0.1) is 0 Å². The predicted molar refractivity (Wildman–Crippen MR) is 121 cm³/mol. The Morgan fingerprint density at radius 3 is 2.20 bits per heavy atom. The van der Waals surface area contributed by atoms with Gasteiger partial charge >= 0.3 is 5.97 Å². The lowest BCUT2D eigenvalue weighted by atomic mass is 9.87. The molecule has 0 aliphatic carbocycles. The van der Waals surface area contributed by atoms with E-state index in [0.717, 1.165) is 22.0 Å². The first kappa shape index (κ1) is 19.8. The Bertz CT molecular complexity index is 1150. The second-order valence-electron chi connectivity index (χ2n) is 8.44. The smallest absolute Gasteiger partial charge is 0.339 e. The number of aromatic nitrogens is 1. The summed E-state index contributed by atoms with van der Waals surface area (Å²) in [5, 5.41) is 2.04. The molecule has 1 heterocycles. The lowest BCUT2D eigenvalue weighted by molar-refractivity contribution is 0.0373. The van der Waals surface area contributed by atoms with Crippen LogP contribution in [0.25, 0.3) is 10.8 Å². The van der Waals surface area contributed by atoms with E-state index in [4.69, 9.17) is 4.74 Å². The third-order valence-electron chi connectivity index (χ3n) is 5.27. The molecule has 30 heavy (non-hydrogen) atoms. The van der Waals surface area contributed by atoms with Crippen LogP contribution in [0.5, 0.6) is 0 Å². The van der Waals surface area contributed by atoms with Gasteiger partial charge in [0, 0.05) is 11.6 Å². The van der Waals surface area contributed by atoms with Crippen molar-refractivity contribution >= 4 is 16.7 Å². The van der Waals surface area contributed by atoms with Crippen molar-refractivity contribution in [2.75, 3.05) is 0 Å². The Morgan fingerprint density at radius 1 is 0.833 bits per heavy atom. The van der Waals surface area contributed by atoms with Gasteiger partial charge in [-0.05, 0) is 40.1 Å². The lowest BCUT2D eigenvalue weighted by Crippen LogP contribution is -2.15. The number of carbonyl (C=O) groups is 1. The number of fused-ring (bicyclic) bond motifs is 1. The lowest BCUT2D eigenvalue weighted by Gasteiger charge is -2.21. The minimum Gasteiger partial charge on any atom is -0.447 e. The number of benzene rings is 3. The maximum atomic E-state index is 13.0. The first-order valence-electron chi connectivity index (χ1n) is 10.1. The molecule has 0 fully saturated rings. The van der Waals surface area contributed by atoms with Crippen LogP contribution in [0.4, 0.5) is 0 Å². The molecule has 0 N–H and O–H groups in total. The summed E-state index contributed by atoms with van der Waals surface area (Å²) in [5.74, 6) is -0.362. The molecule has 0 amide bonds. The van der Waals surface area contributed by atoms with Gasteiger partial charge in [-0.25, -0.2) is 4.79 Å². The van der Waals surface area contributed by atoms with Crippen LogP contribution < -0.4 is 0 Å². The highest BCUT2D eigenvalue weighted by atomic mass is 16.5. The van der Waals surface area contributed by atoms with E-state index in [9.17, 15) is 4.79 Å². The maximum absolute atomic E-state index is 13.0. The number of pyridine rings is 1. The van der Waals surface area contributed by atoms with Crippen LogP contribution in [0.3, 0.4) is 0 Å². The third kappa shape index (κ3) is 4.11. The van der Waals surface area contributed by atoms with Crippen molar-refractivity contribution in [2.24, 2.45) is 0 Å². The minimum atomic E-state index is -0.591. The summed E-state index contributed by atoms with van der Waals surface area (Å²) in [6.45, 7) is 6.45. The van der Waals surface area contributed by atoms with E-state index in [2.05, 4.69) is 25.8 Å². The van der Waals surface area contributed by atoms with Crippen LogP contribution in [0.2, 0.25) is 0 Å². The molecule has 150 valence electrons. The van der Waals surface area contributed by atoms with Gasteiger partial charge in [0.25, 0.3) is 0 Å². The summed E-state index contributed by atoms with van der Waals surface area (Å²) in [6, 6.07) is 27.4. The highest BCUT2D eigenvalue weighted by molar-refractivity contribution is 5.90. The van der Waals surface area contributed by atoms with Gasteiger partial charge in [-0.3, -0.25) is 4.98 Å². The molecular weight excluding hydrogens is 370 g/mol. The van der Waals surface area contributed by atoms with E-state index in [1.54, 1.807) is 6.20 Å². The van der Waals surface area contributed by atoms with Crippen molar-refractivity contribution in [1.29, 1.82) is 0 Å². The summed E-state index contributed by atoms with van der Waals surface area (Å²) < 4.78 is 6.04. The standard InChI is InChI=1S/C27H25NO2/c1-27(2,3)22-15-13-21(14-16-22)26(29)30-25(20-10-5-4-6-11-20)24-23-12-8-7-9-19(23)17-18-28-24/h4-18,25H,1-3H3/t25-/m0/s1. The van der Waals surface area contributed by atoms with Gasteiger partial charge in [-0.2, -0.15) is 0 Å². The molecule has 3 aromatic carbocycles. The van der Waals surface area contributed by atoms with Crippen LogP contribution in [0.1, 0.15) is 54.1 Å². The maximum Gasteiger partial charge on any atom is 0.339 e. The minimum absolute atomic E-state index is 0.0296. The second kappa shape index (κ2) is 8.11. The Hall–Kier alpha value is -3.46. The van der Waals surface area contributed by atoms with Gasteiger partial charge in [0.2, 0.25) is 0 Å². The largest absolute Gasteiger partial charge is 0.447 e. The van der Waals surface area contributed by atoms with Gasteiger partial charge < -0.3 is 4.74 Å². The zero-order valence-corrected chi connectivity index (χ0v) is 17.5. The number of carbonyl (C=O) groups excluding carboxylic acids is 1. The van der Waals surface area contributed by atoms with E-state index in [0.29, 0.717) is 5.56 Å². The molecule has 0 radical (unpaired) electrons. The van der Waals surface area contributed by atoms with Crippen LogP contribution in [-0.2, 0) is 10.2 Å². The van der Waals surface area contributed by atoms with Crippen molar-refractivity contribution in [2.45, 2.75) is 32.3 Å². The molecule has 0 spiro atoms. The number of nitrogens with zero attached hydrogens (tertiary/aromatic N) is 1. The first-order valence-corrected chi connectivity index (χ1v) is 10.1. The van der Waals surface area contributed by atoms with Crippen LogP contribution in [0.15, 0.2) is 91.1 Å². The average Bonchev–Trinajstić information content (AvgIpc) is 2.77. The summed E-state index contributed by atoms with van der Waals surface area (Å²) in [5.41, 5.74) is 3.36. The molecule has 3 nitrogen and oxygen atoms in total. The second-order valence-corrected chi connectivity index (χ2v) is 8.44. The van der Waals surface area contributed by atoms with E-state index in [1.807, 2.05) is 84.9 Å². The fraction of sp³-hybridized carbons (Fsp3) is 0.185. The van der Waals surface area contributed by atoms with Crippen molar-refractivity contribution in [1.82, 2.24) is 4.98 Å². The molecule has 0 saturated heterocycles. The number of rotatable bonds is 4. The van der Waals surface area contributed by atoms with Crippen LogP contribution in [-0.4, -0.2) is 11.0 Å². The highest BCUT2D eigenvalue weighted by Gasteiger charge is 2.24. The van der Waals surface area contributed by atoms with Crippen molar-refractivity contribution in [3.63, 3.8) is 0 Å². The molecule has 0 saturated carbocycles. The molecular formula is C27H25NO2. The van der Waals surface area contributed by atoms with E-state index >= 15 is 0 Å². The predicted octanol–water partition coefficient (Wildman–Crippen LogP) is 6.48. The molecule has 1 aromatic heterocycles. The van der Waals surface area contributed by atoms with E-state index in [-0.39, 0.29) is 11.4 Å². The molecule has 4 rings (SSSR count). The monoisotopic (exact) mass is 395 g/mol. The van der Waals surface area contributed by atoms with E-state index in [1.165, 1.54) is 5.56 Å². The first-order chi connectivity index (χ1) is 14.4. The number of hydrogen-bond donors (Lipinski definition) is 0. The van der Waals surface area contributed by atoms with Crippen LogP contribution >= 0.6 is 0 Å².